The number of H-pyrrole nitrogens is 1. The topological polar surface area (TPSA) is 169 Å². The van der Waals surface area contributed by atoms with Gasteiger partial charge in [0.2, 0.25) is 17.7 Å². The molecule has 17 heteroatoms. The van der Waals surface area contributed by atoms with E-state index in [1.807, 2.05) is 34.9 Å². The van der Waals surface area contributed by atoms with E-state index in [1.54, 1.807) is 40.1 Å². The monoisotopic (exact) mass is 1040 g/mol. The van der Waals surface area contributed by atoms with E-state index in [-0.39, 0.29) is 95.3 Å². The van der Waals surface area contributed by atoms with Gasteiger partial charge >= 0.3 is 0 Å². The normalized spacial score (nSPS) is 23.9. The summed E-state index contributed by atoms with van der Waals surface area (Å²) in [6.45, 7) is 7.29. The van der Waals surface area contributed by atoms with Crippen LogP contribution in [0.5, 0.6) is 0 Å². The number of nitrogens with zero attached hydrogens (tertiary/aromatic N) is 6. The lowest BCUT2D eigenvalue weighted by molar-refractivity contribution is -0.140. The van der Waals surface area contributed by atoms with Crippen molar-refractivity contribution >= 4 is 40.3 Å². The number of ether oxygens (including phenoxy) is 1. The maximum Gasteiger partial charge on any atom is 0.272 e. The molecule has 3 aliphatic carbocycles. The summed E-state index contributed by atoms with van der Waals surface area (Å²) >= 11 is 0. The molecule has 4 aromatic rings. The van der Waals surface area contributed by atoms with E-state index in [0.717, 1.165) is 70.6 Å². The van der Waals surface area contributed by atoms with Crippen LogP contribution in [-0.4, -0.2) is 154 Å². The lowest BCUT2D eigenvalue weighted by Crippen LogP contribution is -2.55. The molecule has 0 spiro atoms. The van der Waals surface area contributed by atoms with Gasteiger partial charge in [0.1, 0.15) is 17.7 Å². The second kappa shape index (κ2) is 22.1. The Morgan fingerprint density at radius 1 is 0.724 bits per heavy atom. The van der Waals surface area contributed by atoms with Gasteiger partial charge in [0.05, 0.1) is 41.0 Å². The van der Waals surface area contributed by atoms with Crippen molar-refractivity contribution in [1.29, 1.82) is 0 Å². The molecular weight excluding hydrogens is 971 g/mol. The number of amides is 5. The lowest BCUT2D eigenvalue weighted by atomic mass is 9.78. The summed E-state index contributed by atoms with van der Waals surface area (Å²) in [5.41, 5.74) is 1.27. The number of hydrogen-bond acceptors (Lipinski definition) is 9. The first-order chi connectivity index (χ1) is 36.8. The molecule has 4 saturated heterocycles. The van der Waals surface area contributed by atoms with Crippen molar-refractivity contribution in [3.8, 4) is 0 Å². The van der Waals surface area contributed by atoms with E-state index in [9.17, 15) is 28.8 Å². The second-order valence-corrected chi connectivity index (χ2v) is 23.3. The summed E-state index contributed by atoms with van der Waals surface area (Å²) in [4.78, 5) is 90.6. The highest BCUT2D eigenvalue weighted by atomic mass is 19.1. The molecule has 1 aromatic heterocycles. The van der Waals surface area contributed by atoms with Crippen LogP contribution in [0.25, 0.3) is 10.8 Å². The average Bonchev–Trinajstić information content (AvgIpc) is 4.16. The van der Waals surface area contributed by atoms with Gasteiger partial charge in [-0.25, -0.2) is 13.9 Å². The van der Waals surface area contributed by atoms with Crippen molar-refractivity contribution in [1.82, 2.24) is 40.0 Å². The first-order valence-corrected chi connectivity index (χ1v) is 28.2. The van der Waals surface area contributed by atoms with E-state index < -0.39 is 29.5 Å². The molecule has 5 amide bonds. The SMILES string of the molecule is CC1(C(=O)N2C[C@H]3CC[C@@H](C2)C3c2cccc(C(=O)N[C@@H](C(=O)N3CCC(OC4CCN(CC(=O)N5CCN(C(=O)c6cc(Cc7n[nH]c(=O)c8ccccc78)ccc6F)CC5)CC4)CC3)C3CCCCC3)c2F)CC1. The van der Waals surface area contributed by atoms with E-state index in [1.165, 1.54) is 12.1 Å². The number of halogens is 2. The summed E-state index contributed by atoms with van der Waals surface area (Å²) in [7, 11) is 0. The molecule has 2 N–H and O–H groups in total. The minimum absolute atomic E-state index is 0.00508. The Balaban J connectivity index is 0.627. The number of piperazine rings is 1. The Morgan fingerprint density at radius 2 is 1.38 bits per heavy atom. The summed E-state index contributed by atoms with van der Waals surface area (Å²) in [5, 5.41) is 11.0. The maximum atomic E-state index is 16.7. The summed E-state index contributed by atoms with van der Waals surface area (Å²) in [6.07, 6.45) is 11.7. The first-order valence-electron chi connectivity index (χ1n) is 28.2. The summed E-state index contributed by atoms with van der Waals surface area (Å²) in [6, 6.07) is 16.0. The molecule has 4 aliphatic heterocycles. The predicted octanol–water partition coefficient (Wildman–Crippen LogP) is 6.68. The quantitative estimate of drug-likeness (QED) is 0.149. The Hall–Kier alpha value is -6.07. The van der Waals surface area contributed by atoms with Gasteiger partial charge in [-0.05, 0) is 123 Å². The van der Waals surface area contributed by atoms with Gasteiger partial charge in [-0.15, -0.1) is 0 Å². The number of nitrogens with one attached hydrogen (secondary N) is 2. The summed E-state index contributed by atoms with van der Waals surface area (Å²) in [5.74, 6) is -1.74. The molecule has 7 fully saturated rings. The van der Waals surface area contributed by atoms with E-state index in [0.29, 0.717) is 99.2 Å². The van der Waals surface area contributed by atoms with Gasteiger partial charge in [-0.3, -0.25) is 33.7 Å². The third kappa shape index (κ3) is 10.9. The Kier molecular flexibility index (Phi) is 15.1. The molecule has 15 nitrogen and oxygen atoms in total. The number of piperidine rings is 3. The lowest BCUT2D eigenvalue weighted by Gasteiger charge is -2.40. The van der Waals surface area contributed by atoms with Crippen molar-refractivity contribution in [3.63, 3.8) is 0 Å². The molecule has 11 rings (SSSR count). The number of carbonyl (C=O) groups is 5. The molecule has 404 valence electrons. The van der Waals surface area contributed by atoms with Gasteiger partial charge in [0.25, 0.3) is 17.4 Å². The number of hydrogen-bond donors (Lipinski definition) is 2. The van der Waals surface area contributed by atoms with Crippen molar-refractivity contribution in [2.75, 3.05) is 72.0 Å². The number of likely N-dealkylation sites (tertiary alicyclic amines) is 3. The molecule has 1 unspecified atom stereocenters. The van der Waals surface area contributed by atoms with E-state index in [4.69, 9.17) is 4.74 Å². The number of benzene rings is 3. The van der Waals surface area contributed by atoms with Crippen LogP contribution in [0.3, 0.4) is 0 Å². The van der Waals surface area contributed by atoms with Gasteiger partial charge in [0, 0.05) is 82.7 Å². The highest BCUT2D eigenvalue weighted by molar-refractivity contribution is 5.98. The fourth-order valence-corrected chi connectivity index (χ4v) is 13.6. The molecule has 3 saturated carbocycles. The number of rotatable bonds is 13. The van der Waals surface area contributed by atoms with Crippen molar-refractivity contribution < 1.29 is 37.5 Å². The molecule has 76 heavy (non-hydrogen) atoms. The molecule has 0 radical (unpaired) electrons. The first kappa shape index (κ1) is 52.0. The van der Waals surface area contributed by atoms with Crippen LogP contribution in [0.4, 0.5) is 8.78 Å². The molecule has 5 heterocycles. The van der Waals surface area contributed by atoms with E-state index in [2.05, 4.69) is 20.4 Å². The second-order valence-electron chi connectivity index (χ2n) is 23.3. The van der Waals surface area contributed by atoms with Gasteiger partial charge < -0.3 is 29.7 Å². The number of carbonyl (C=O) groups excluding carboxylic acids is 5. The fourth-order valence-electron chi connectivity index (χ4n) is 13.6. The van der Waals surface area contributed by atoms with Crippen LogP contribution < -0.4 is 10.9 Å². The Bertz CT molecular complexity index is 2890. The van der Waals surface area contributed by atoms with E-state index >= 15 is 8.78 Å². The van der Waals surface area contributed by atoms with Crippen LogP contribution >= 0.6 is 0 Å². The van der Waals surface area contributed by atoms with Crippen LogP contribution in [0, 0.1) is 34.8 Å². The zero-order valence-electron chi connectivity index (χ0n) is 43.8. The highest BCUT2D eigenvalue weighted by Gasteiger charge is 2.52. The number of aromatic amines is 1. The zero-order valence-corrected chi connectivity index (χ0v) is 43.8. The summed E-state index contributed by atoms with van der Waals surface area (Å²) < 4.78 is 38.4. The minimum Gasteiger partial charge on any atom is -0.375 e. The van der Waals surface area contributed by atoms with Gasteiger partial charge in [-0.1, -0.05) is 62.6 Å². The highest BCUT2D eigenvalue weighted by Crippen LogP contribution is 2.52. The third-order valence-electron chi connectivity index (χ3n) is 18.3. The van der Waals surface area contributed by atoms with Crippen LogP contribution in [0.2, 0.25) is 0 Å². The van der Waals surface area contributed by atoms with Gasteiger partial charge in [0.15, 0.2) is 0 Å². The van der Waals surface area contributed by atoms with Crippen LogP contribution in [0.1, 0.15) is 134 Å². The van der Waals surface area contributed by atoms with Gasteiger partial charge in [-0.2, -0.15) is 5.10 Å². The van der Waals surface area contributed by atoms with Crippen molar-refractivity contribution in [3.05, 3.63) is 111 Å². The zero-order chi connectivity index (χ0) is 52.7. The van der Waals surface area contributed by atoms with Crippen LogP contribution in [-0.2, 0) is 25.5 Å². The maximum absolute atomic E-state index is 16.7. The largest absolute Gasteiger partial charge is 0.375 e. The average molecular weight is 1040 g/mol. The smallest absolute Gasteiger partial charge is 0.272 e. The number of aromatic nitrogens is 2. The molecule has 2 bridgehead atoms. The number of fused-ring (bicyclic) bond motifs is 3. The van der Waals surface area contributed by atoms with Crippen molar-refractivity contribution in [2.24, 2.45) is 23.2 Å². The Morgan fingerprint density at radius 3 is 2.07 bits per heavy atom. The molecular formula is C59H72F2N8O7. The third-order valence-corrected chi connectivity index (χ3v) is 18.3. The fraction of sp³-hybridized carbons (Fsp3) is 0.576. The predicted molar refractivity (Wildman–Crippen MR) is 281 cm³/mol. The molecule has 4 atom stereocenters. The minimum atomic E-state index is -0.741. The molecule has 3 aromatic carbocycles. The van der Waals surface area contributed by atoms with Crippen LogP contribution in [0.15, 0.2) is 65.5 Å². The Labute approximate surface area is 443 Å². The van der Waals surface area contributed by atoms with Crippen molar-refractivity contribution in [2.45, 2.75) is 121 Å². The molecule has 7 aliphatic rings. The standard InChI is InChI=1S/C59H72F2N8O7/c1-59(22-23-59)58(75)69-34-39-15-16-40(35-69)51(39)45-12-7-13-46(52(45)61)54(71)62-53(38-8-3-2-4-9-38)57(74)67-26-20-42(21-27-67)76-41-18-24-65(25-19-41)36-50(70)66-28-30-68(31-29-66)56(73)47-32-37(14-17-48(47)60)33-49-43-10-5-6-11-44(43)55(72)64-63-49/h5-7,10-14,17,32,38-42,51,53H,2-4,8-9,15-16,18-31,33-36H2,1H3,(H,62,71)(H,64,72)/t39-,40+,51?,53-/m1/s1.